The van der Waals surface area contributed by atoms with Crippen LogP contribution in [-0.4, -0.2) is 39.0 Å². The Kier molecular flexibility index (Phi) is 7.10. The van der Waals surface area contributed by atoms with Crippen LogP contribution in [0.15, 0.2) is 78.9 Å². The molecule has 1 aliphatic rings. The summed E-state index contributed by atoms with van der Waals surface area (Å²) in [5.41, 5.74) is -2.76. The molecule has 0 aliphatic carbocycles. The summed E-state index contributed by atoms with van der Waals surface area (Å²) in [7, 11) is -4.13. The summed E-state index contributed by atoms with van der Waals surface area (Å²) in [4.78, 5) is 2.38. The average Bonchev–Trinajstić information content (AvgIpc) is 2.85. The molecular formula is C26H26F3NO4S. The molecule has 0 unspecified atom stereocenters. The molecule has 186 valence electrons. The first-order valence-electron chi connectivity index (χ1n) is 11.2. The number of piperidine rings is 1. The van der Waals surface area contributed by atoms with Gasteiger partial charge in [0.15, 0.2) is 0 Å². The molecular weight excluding hydrogens is 479 g/mol. The quantitative estimate of drug-likeness (QED) is 0.313. The van der Waals surface area contributed by atoms with E-state index in [9.17, 15) is 21.6 Å². The maximum Gasteiger partial charge on any atom is 0.534 e. The van der Waals surface area contributed by atoms with Crippen LogP contribution in [0.3, 0.4) is 0 Å². The lowest BCUT2D eigenvalue weighted by atomic mass is 9.68. The van der Waals surface area contributed by atoms with Crippen LogP contribution in [0.2, 0.25) is 0 Å². The van der Waals surface area contributed by atoms with E-state index in [2.05, 4.69) is 21.2 Å². The number of nitrogens with zero attached hydrogens (tertiary/aromatic N) is 1. The van der Waals surface area contributed by atoms with Crippen molar-refractivity contribution in [1.29, 1.82) is 0 Å². The molecule has 1 aliphatic heterocycles. The zero-order valence-corrected chi connectivity index (χ0v) is 20.0. The summed E-state index contributed by atoms with van der Waals surface area (Å²) in [6.45, 7) is 2.46. The Labute approximate surface area is 203 Å². The Morgan fingerprint density at radius 2 is 1.51 bits per heavy atom. The number of likely N-dealkylation sites (tertiary alicyclic amines) is 1. The van der Waals surface area contributed by atoms with Gasteiger partial charge >= 0.3 is 15.6 Å². The number of hydrogen-bond donors (Lipinski definition) is 0. The van der Waals surface area contributed by atoms with Gasteiger partial charge in [-0.05, 0) is 66.9 Å². The lowest BCUT2D eigenvalue weighted by Gasteiger charge is -2.43. The van der Waals surface area contributed by atoms with Crippen molar-refractivity contribution in [3.8, 4) is 11.5 Å². The molecule has 0 amide bonds. The first kappa shape index (κ1) is 25.1. The number of halogens is 3. The SMILES string of the molecule is COc1cccc(C2(c3ccc(OS(=O)(=O)C(F)(F)F)cc3)CCN(Cc3ccccc3)CC2)c1. The zero-order valence-electron chi connectivity index (χ0n) is 19.2. The van der Waals surface area contributed by atoms with Gasteiger partial charge in [0.25, 0.3) is 0 Å². The molecule has 4 rings (SSSR count). The molecule has 0 aromatic heterocycles. The second-order valence-corrected chi connectivity index (χ2v) is 10.1. The van der Waals surface area contributed by atoms with E-state index in [0.29, 0.717) is 5.75 Å². The average molecular weight is 506 g/mol. The highest BCUT2D eigenvalue weighted by Gasteiger charge is 2.48. The molecule has 9 heteroatoms. The standard InChI is InChI=1S/C26H26F3NO4S/c1-33-24-9-5-8-22(18-24)25(14-16-30(17-15-25)19-20-6-3-2-4-7-20)21-10-12-23(13-11-21)34-35(31,32)26(27,28)29/h2-13,18H,14-17,19H2,1H3. The van der Waals surface area contributed by atoms with Gasteiger partial charge < -0.3 is 8.92 Å². The summed E-state index contributed by atoms with van der Waals surface area (Å²) in [6.07, 6.45) is 1.54. The normalized spacial score (nSPS) is 16.6. The molecule has 35 heavy (non-hydrogen) atoms. The molecule has 5 nitrogen and oxygen atoms in total. The van der Waals surface area contributed by atoms with E-state index < -0.39 is 21.0 Å². The summed E-state index contributed by atoms with van der Waals surface area (Å²) in [6, 6.07) is 23.8. The van der Waals surface area contributed by atoms with Crippen molar-refractivity contribution in [3.63, 3.8) is 0 Å². The third kappa shape index (κ3) is 5.46. The van der Waals surface area contributed by atoms with Crippen LogP contribution in [-0.2, 0) is 22.1 Å². The third-order valence-electron chi connectivity index (χ3n) is 6.48. The van der Waals surface area contributed by atoms with Gasteiger partial charge in [0.1, 0.15) is 11.5 Å². The molecule has 0 atom stereocenters. The maximum atomic E-state index is 12.7. The van der Waals surface area contributed by atoms with Crippen LogP contribution in [0.4, 0.5) is 13.2 Å². The van der Waals surface area contributed by atoms with E-state index in [1.807, 2.05) is 42.5 Å². The first-order valence-corrected chi connectivity index (χ1v) is 12.6. The van der Waals surface area contributed by atoms with Gasteiger partial charge in [-0.1, -0.05) is 54.6 Å². The summed E-state index contributed by atoms with van der Waals surface area (Å²) in [5, 5.41) is 0. The van der Waals surface area contributed by atoms with Crippen molar-refractivity contribution < 1.29 is 30.5 Å². The van der Waals surface area contributed by atoms with Gasteiger partial charge in [-0.3, -0.25) is 4.90 Å². The fraction of sp³-hybridized carbons (Fsp3) is 0.308. The smallest absolute Gasteiger partial charge is 0.497 e. The van der Waals surface area contributed by atoms with Crippen LogP contribution in [0.5, 0.6) is 11.5 Å². The largest absolute Gasteiger partial charge is 0.534 e. The minimum Gasteiger partial charge on any atom is -0.497 e. The Hall–Kier alpha value is -3.04. The third-order valence-corrected chi connectivity index (χ3v) is 7.46. The first-order chi connectivity index (χ1) is 16.6. The van der Waals surface area contributed by atoms with Gasteiger partial charge in [-0.15, -0.1) is 0 Å². The Morgan fingerprint density at radius 3 is 2.11 bits per heavy atom. The number of rotatable bonds is 7. The molecule has 3 aromatic rings. The molecule has 0 saturated carbocycles. The second kappa shape index (κ2) is 9.91. The highest BCUT2D eigenvalue weighted by Crippen LogP contribution is 2.43. The minimum atomic E-state index is -5.73. The zero-order chi connectivity index (χ0) is 25.1. The molecule has 1 fully saturated rings. The Balaban J connectivity index is 1.62. The fourth-order valence-electron chi connectivity index (χ4n) is 4.60. The van der Waals surface area contributed by atoms with Crippen molar-refractivity contribution in [2.45, 2.75) is 30.3 Å². The van der Waals surface area contributed by atoms with E-state index in [-0.39, 0.29) is 5.75 Å². The van der Waals surface area contributed by atoms with Crippen LogP contribution < -0.4 is 8.92 Å². The summed E-state index contributed by atoms with van der Waals surface area (Å²) >= 11 is 0. The van der Waals surface area contributed by atoms with Crippen molar-refractivity contribution in [2.75, 3.05) is 20.2 Å². The summed E-state index contributed by atoms with van der Waals surface area (Å²) in [5.74, 6) is 0.332. The van der Waals surface area contributed by atoms with Gasteiger partial charge in [0, 0.05) is 12.0 Å². The minimum absolute atomic E-state index is 0.381. The lowest BCUT2D eigenvalue weighted by molar-refractivity contribution is -0.0500. The number of hydrogen-bond acceptors (Lipinski definition) is 5. The van der Waals surface area contributed by atoms with E-state index in [1.165, 1.54) is 17.7 Å². The fourth-order valence-corrected chi connectivity index (χ4v) is 5.06. The van der Waals surface area contributed by atoms with Crippen LogP contribution in [0, 0.1) is 0 Å². The molecule has 0 N–H and O–H groups in total. The lowest BCUT2D eigenvalue weighted by Crippen LogP contribution is -2.43. The second-order valence-electron chi connectivity index (χ2n) is 8.58. The van der Waals surface area contributed by atoms with E-state index in [4.69, 9.17) is 4.74 Å². The van der Waals surface area contributed by atoms with Crippen LogP contribution in [0.25, 0.3) is 0 Å². The number of ether oxygens (including phenoxy) is 1. The van der Waals surface area contributed by atoms with Gasteiger partial charge in [0.05, 0.1) is 7.11 Å². The summed E-state index contributed by atoms with van der Waals surface area (Å²) < 4.78 is 70.6. The molecule has 0 radical (unpaired) electrons. The van der Waals surface area contributed by atoms with Crippen molar-refractivity contribution >= 4 is 10.1 Å². The monoisotopic (exact) mass is 505 g/mol. The molecule has 0 spiro atoms. The highest BCUT2D eigenvalue weighted by atomic mass is 32.2. The molecule has 0 bridgehead atoms. The van der Waals surface area contributed by atoms with Gasteiger partial charge in [0.2, 0.25) is 0 Å². The Bertz CT molecular complexity index is 1240. The molecule has 3 aromatic carbocycles. The van der Waals surface area contributed by atoms with Crippen LogP contribution >= 0.6 is 0 Å². The van der Waals surface area contributed by atoms with E-state index in [0.717, 1.165) is 43.6 Å². The Morgan fingerprint density at radius 1 is 0.857 bits per heavy atom. The van der Waals surface area contributed by atoms with E-state index in [1.54, 1.807) is 19.2 Å². The van der Waals surface area contributed by atoms with Crippen molar-refractivity contribution in [2.24, 2.45) is 0 Å². The topological polar surface area (TPSA) is 55.8 Å². The predicted octanol–water partition coefficient (Wildman–Crippen LogP) is 5.51. The van der Waals surface area contributed by atoms with Crippen molar-refractivity contribution in [3.05, 3.63) is 95.6 Å². The van der Waals surface area contributed by atoms with E-state index >= 15 is 0 Å². The molecule has 1 heterocycles. The highest BCUT2D eigenvalue weighted by molar-refractivity contribution is 7.88. The van der Waals surface area contributed by atoms with Crippen LogP contribution in [0.1, 0.15) is 29.5 Å². The number of alkyl halides is 3. The predicted molar refractivity (Wildman–Crippen MR) is 127 cm³/mol. The van der Waals surface area contributed by atoms with Gasteiger partial charge in [-0.25, -0.2) is 0 Å². The number of methoxy groups -OCH3 is 1. The number of benzene rings is 3. The maximum absolute atomic E-state index is 12.7. The molecule has 1 saturated heterocycles. The van der Waals surface area contributed by atoms with Crippen molar-refractivity contribution in [1.82, 2.24) is 4.90 Å². The van der Waals surface area contributed by atoms with Gasteiger partial charge in [-0.2, -0.15) is 21.6 Å².